The van der Waals surface area contributed by atoms with E-state index < -0.39 is 0 Å². The van der Waals surface area contributed by atoms with Crippen LogP contribution in [0.25, 0.3) is 5.69 Å². The molecule has 1 aliphatic carbocycles. The Balaban J connectivity index is 1.63. The van der Waals surface area contributed by atoms with E-state index in [1.807, 2.05) is 6.92 Å². The van der Waals surface area contributed by atoms with Crippen LogP contribution in [0, 0.1) is 11.7 Å². The summed E-state index contributed by atoms with van der Waals surface area (Å²) in [5.74, 6) is 0.476. The van der Waals surface area contributed by atoms with Gasteiger partial charge >= 0.3 is 0 Å². The fourth-order valence-electron chi connectivity index (χ4n) is 2.27. The SMILES string of the molecule is C[C@H](NC(=O)CSc1nncn1-c1ccccc1F)C1CC1. The van der Waals surface area contributed by atoms with Gasteiger partial charge in [-0.25, -0.2) is 4.39 Å². The molecule has 2 aromatic rings. The monoisotopic (exact) mass is 320 g/mol. The maximum Gasteiger partial charge on any atom is 0.230 e. The minimum absolute atomic E-state index is 0.0347. The molecule has 0 saturated heterocycles. The van der Waals surface area contributed by atoms with Crippen LogP contribution in [0.2, 0.25) is 0 Å². The number of thioether (sulfide) groups is 1. The molecule has 3 rings (SSSR count). The van der Waals surface area contributed by atoms with Gasteiger partial charge in [-0.15, -0.1) is 10.2 Å². The number of carbonyl (C=O) groups is 1. The predicted molar refractivity (Wildman–Crippen MR) is 82.4 cm³/mol. The van der Waals surface area contributed by atoms with E-state index >= 15 is 0 Å². The highest BCUT2D eigenvalue weighted by Crippen LogP contribution is 2.32. The van der Waals surface area contributed by atoms with Crippen LogP contribution in [-0.2, 0) is 4.79 Å². The fourth-order valence-corrected chi connectivity index (χ4v) is 3.01. The van der Waals surface area contributed by atoms with Gasteiger partial charge in [-0.05, 0) is 37.8 Å². The number of halogens is 1. The first-order chi connectivity index (χ1) is 10.6. The quantitative estimate of drug-likeness (QED) is 0.831. The standard InChI is InChI=1S/C15H17FN4OS/c1-10(11-6-7-11)18-14(21)8-22-15-19-17-9-20(15)13-5-3-2-4-12(13)16/h2-5,9-11H,6-8H2,1H3,(H,18,21)/t10-/m0/s1. The molecule has 1 fully saturated rings. The minimum Gasteiger partial charge on any atom is -0.353 e. The zero-order valence-electron chi connectivity index (χ0n) is 12.2. The van der Waals surface area contributed by atoms with Gasteiger partial charge < -0.3 is 5.32 Å². The van der Waals surface area contributed by atoms with Crippen LogP contribution < -0.4 is 5.32 Å². The Morgan fingerprint density at radius 2 is 2.27 bits per heavy atom. The van der Waals surface area contributed by atoms with Crippen LogP contribution in [0.5, 0.6) is 0 Å². The lowest BCUT2D eigenvalue weighted by Gasteiger charge is -2.12. The second-order valence-corrected chi connectivity index (χ2v) is 6.36. The van der Waals surface area contributed by atoms with Crippen molar-refractivity contribution in [1.29, 1.82) is 0 Å². The molecule has 1 aliphatic rings. The summed E-state index contributed by atoms with van der Waals surface area (Å²) >= 11 is 1.25. The molecule has 116 valence electrons. The van der Waals surface area contributed by atoms with Crippen molar-refractivity contribution in [2.75, 3.05) is 5.75 Å². The Morgan fingerprint density at radius 3 is 3.00 bits per heavy atom. The van der Waals surface area contributed by atoms with E-state index in [2.05, 4.69) is 15.5 Å². The molecule has 0 radical (unpaired) electrons. The van der Waals surface area contributed by atoms with Crippen LogP contribution in [0.3, 0.4) is 0 Å². The highest BCUT2D eigenvalue weighted by molar-refractivity contribution is 7.99. The number of hydrogen-bond donors (Lipinski definition) is 1. The lowest BCUT2D eigenvalue weighted by molar-refractivity contribution is -0.119. The molecule has 1 aromatic carbocycles. The summed E-state index contributed by atoms with van der Waals surface area (Å²) in [6.45, 7) is 2.03. The smallest absolute Gasteiger partial charge is 0.230 e. The molecule has 22 heavy (non-hydrogen) atoms. The highest BCUT2D eigenvalue weighted by Gasteiger charge is 2.28. The third-order valence-corrected chi connectivity index (χ3v) is 4.62. The average Bonchev–Trinajstić information content (AvgIpc) is 3.25. The van der Waals surface area contributed by atoms with Crippen LogP contribution in [0.15, 0.2) is 35.7 Å². The summed E-state index contributed by atoms with van der Waals surface area (Å²) < 4.78 is 15.4. The highest BCUT2D eigenvalue weighted by atomic mass is 32.2. The third-order valence-electron chi connectivity index (χ3n) is 3.68. The summed E-state index contributed by atoms with van der Waals surface area (Å²) in [4.78, 5) is 11.9. The van der Waals surface area contributed by atoms with Gasteiger partial charge in [0.25, 0.3) is 0 Å². The molecule has 1 atom stereocenters. The second kappa shape index (κ2) is 6.48. The Labute approximate surface area is 132 Å². The molecule has 1 aromatic heterocycles. The molecular formula is C15H17FN4OS. The van der Waals surface area contributed by atoms with Crippen molar-refractivity contribution in [1.82, 2.24) is 20.1 Å². The maximum absolute atomic E-state index is 13.8. The Kier molecular flexibility index (Phi) is 4.42. The number of benzene rings is 1. The van der Waals surface area contributed by atoms with Crippen molar-refractivity contribution < 1.29 is 9.18 Å². The number of aromatic nitrogens is 3. The molecular weight excluding hydrogens is 303 g/mol. The zero-order chi connectivity index (χ0) is 15.5. The van der Waals surface area contributed by atoms with Gasteiger partial charge in [0, 0.05) is 6.04 Å². The van der Waals surface area contributed by atoms with Crippen LogP contribution in [-0.4, -0.2) is 32.5 Å². The van der Waals surface area contributed by atoms with Crippen LogP contribution in [0.4, 0.5) is 4.39 Å². The zero-order valence-corrected chi connectivity index (χ0v) is 13.0. The third kappa shape index (κ3) is 3.47. The number of nitrogens with one attached hydrogen (secondary N) is 1. The first kappa shape index (κ1) is 15.0. The molecule has 0 unspecified atom stereocenters. The largest absolute Gasteiger partial charge is 0.353 e. The van der Waals surface area contributed by atoms with Crippen molar-refractivity contribution in [3.63, 3.8) is 0 Å². The van der Waals surface area contributed by atoms with Crippen LogP contribution >= 0.6 is 11.8 Å². The first-order valence-electron chi connectivity index (χ1n) is 7.22. The van der Waals surface area contributed by atoms with E-state index in [0.29, 0.717) is 16.8 Å². The summed E-state index contributed by atoms with van der Waals surface area (Å²) in [5, 5.41) is 11.3. The van der Waals surface area contributed by atoms with Gasteiger partial charge in [-0.1, -0.05) is 23.9 Å². The number of amides is 1. The maximum atomic E-state index is 13.8. The van der Waals surface area contributed by atoms with Crippen LogP contribution in [0.1, 0.15) is 19.8 Å². The molecule has 1 heterocycles. The number of para-hydroxylation sites is 1. The number of carbonyl (C=O) groups excluding carboxylic acids is 1. The molecule has 0 spiro atoms. The lowest BCUT2D eigenvalue weighted by Crippen LogP contribution is -2.35. The predicted octanol–water partition coefficient (Wildman–Crippen LogP) is 2.41. The summed E-state index contributed by atoms with van der Waals surface area (Å²) in [6, 6.07) is 6.63. The minimum atomic E-state index is -0.351. The van der Waals surface area contributed by atoms with E-state index in [-0.39, 0.29) is 23.5 Å². The van der Waals surface area contributed by atoms with Gasteiger partial charge in [0.1, 0.15) is 12.1 Å². The van der Waals surface area contributed by atoms with E-state index in [1.165, 1.54) is 37.0 Å². The Hall–Kier alpha value is -1.89. The van der Waals surface area contributed by atoms with E-state index in [9.17, 15) is 9.18 Å². The van der Waals surface area contributed by atoms with Crippen molar-refractivity contribution in [2.45, 2.75) is 31.0 Å². The molecule has 7 heteroatoms. The van der Waals surface area contributed by atoms with E-state index in [4.69, 9.17) is 0 Å². The molecule has 0 bridgehead atoms. The van der Waals surface area contributed by atoms with Gasteiger partial charge in [-0.2, -0.15) is 0 Å². The first-order valence-corrected chi connectivity index (χ1v) is 8.21. The molecule has 5 nitrogen and oxygen atoms in total. The summed E-state index contributed by atoms with van der Waals surface area (Å²) in [6.07, 6.45) is 3.83. The van der Waals surface area contributed by atoms with Gasteiger partial charge in [0.2, 0.25) is 5.91 Å². The number of hydrogen-bond acceptors (Lipinski definition) is 4. The van der Waals surface area contributed by atoms with E-state index in [0.717, 1.165) is 0 Å². The van der Waals surface area contributed by atoms with Gasteiger partial charge in [0.15, 0.2) is 5.16 Å². The molecule has 0 aliphatic heterocycles. The second-order valence-electron chi connectivity index (χ2n) is 5.42. The van der Waals surface area contributed by atoms with Crippen molar-refractivity contribution in [3.05, 3.63) is 36.4 Å². The fraction of sp³-hybridized carbons (Fsp3) is 0.400. The van der Waals surface area contributed by atoms with E-state index in [1.54, 1.807) is 22.8 Å². The van der Waals surface area contributed by atoms with Gasteiger partial charge in [-0.3, -0.25) is 9.36 Å². The van der Waals surface area contributed by atoms with Gasteiger partial charge in [0.05, 0.1) is 11.4 Å². The average molecular weight is 320 g/mol. The topological polar surface area (TPSA) is 59.8 Å². The van der Waals surface area contributed by atoms with Crippen molar-refractivity contribution in [3.8, 4) is 5.69 Å². The molecule has 1 N–H and O–H groups in total. The summed E-state index contributed by atoms with van der Waals surface area (Å²) in [5.41, 5.74) is 0.377. The lowest BCUT2D eigenvalue weighted by atomic mass is 10.2. The summed E-state index contributed by atoms with van der Waals surface area (Å²) in [7, 11) is 0. The van der Waals surface area contributed by atoms with Crippen molar-refractivity contribution in [2.24, 2.45) is 5.92 Å². The molecule has 1 amide bonds. The normalized spacial score (nSPS) is 15.5. The number of nitrogens with zero attached hydrogens (tertiary/aromatic N) is 3. The Morgan fingerprint density at radius 1 is 1.50 bits per heavy atom. The Bertz CT molecular complexity index is 671. The molecule has 1 saturated carbocycles. The number of rotatable bonds is 6. The van der Waals surface area contributed by atoms with Crippen molar-refractivity contribution >= 4 is 17.7 Å².